The van der Waals surface area contributed by atoms with Crippen molar-refractivity contribution in [2.45, 2.75) is 26.7 Å². The van der Waals surface area contributed by atoms with Gasteiger partial charge in [-0.25, -0.2) is 4.79 Å². The van der Waals surface area contributed by atoms with Crippen molar-refractivity contribution in [2.24, 2.45) is 0 Å². The number of phenols is 1. The van der Waals surface area contributed by atoms with Crippen LogP contribution in [0.2, 0.25) is 0 Å². The number of phenolic OH excluding ortho intramolecular Hbond substituents is 1. The highest BCUT2D eigenvalue weighted by atomic mass is 16.5. The van der Waals surface area contributed by atoms with Crippen molar-refractivity contribution in [2.75, 3.05) is 12.8 Å². The summed E-state index contributed by atoms with van der Waals surface area (Å²) < 4.78 is 6.32. The van der Waals surface area contributed by atoms with Gasteiger partial charge in [-0.05, 0) is 36.1 Å². The van der Waals surface area contributed by atoms with Crippen molar-refractivity contribution in [3.05, 3.63) is 40.7 Å². The number of esters is 1. The second kappa shape index (κ2) is 6.05. The standard InChI is InChI=1S/C17H19N3O3/c1-9(2)12-6-13(10(3)5-14(12)21)20-8-11(7-18)15(19)16(20)17(22)23-4/h5-6,8-9,21H,19H2,1-4H3. The summed E-state index contributed by atoms with van der Waals surface area (Å²) in [7, 11) is 1.26. The van der Waals surface area contributed by atoms with Crippen LogP contribution < -0.4 is 5.73 Å². The lowest BCUT2D eigenvalue weighted by atomic mass is 9.99. The average Bonchev–Trinajstić information content (AvgIpc) is 2.82. The monoisotopic (exact) mass is 313 g/mol. The van der Waals surface area contributed by atoms with Crippen LogP contribution in [0.3, 0.4) is 0 Å². The van der Waals surface area contributed by atoms with Gasteiger partial charge in [0, 0.05) is 11.9 Å². The fourth-order valence-corrected chi connectivity index (χ4v) is 2.52. The molecule has 0 aliphatic carbocycles. The second-order valence-corrected chi connectivity index (χ2v) is 5.63. The lowest BCUT2D eigenvalue weighted by Crippen LogP contribution is -2.12. The number of ether oxygens (including phenoxy) is 1. The third kappa shape index (κ3) is 2.73. The van der Waals surface area contributed by atoms with Crippen LogP contribution in [0.5, 0.6) is 5.75 Å². The summed E-state index contributed by atoms with van der Waals surface area (Å²) >= 11 is 0. The van der Waals surface area contributed by atoms with Gasteiger partial charge in [-0.15, -0.1) is 0 Å². The van der Waals surface area contributed by atoms with Gasteiger partial charge in [-0.2, -0.15) is 5.26 Å². The Kier molecular flexibility index (Phi) is 4.32. The molecule has 3 N–H and O–H groups in total. The lowest BCUT2D eigenvalue weighted by molar-refractivity contribution is 0.0593. The number of nitriles is 1. The fraction of sp³-hybridized carbons (Fsp3) is 0.294. The van der Waals surface area contributed by atoms with E-state index in [1.54, 1.807) is 16.7 Å². The van der Waals surface area contributed by atoms with Gasteiger partial charge in [0.15, 0.2) is 5.69 Å². The Labute approximate surface area is 134 Å². The van der Waals surface area contributed by atoms with E-state index < -0.39 is 5.97 Å². The third-order valence-corrected chi connectivity index (χ3v) is 3.77. The van der Waals surface area contributed by atoms with Crippen LogP contribution in [0.4, 0.5) is 5.69 Å². The maximum Gasteiger partial charge on any atom is 0.357 e. The molecule has 23 heavy (non-hydrogen) atoms. The average molecular weight is 313 g/mol. The first-order chi connectivity index (χ1) is 10.8. The van der Waals surface area contributed by atoms with Crippen molar-refractivity contribution in [1.29, 1.82) is 5.26 Å². The molecule has 0 saturated carbocycles. The van der Waals surface area contributed by atoms with Crippen molar-refractivity contribution in [3.63, 3.8) is 0 Å². The molecule has 1 heterocycles. The number of hydrogen-bond acceptors (Lipinski definition) is 5. The minimum atomic E-state index is -0.623. The number of anilines is 1. The van der Waals surface area contributed by atoms with Gasteiger partial charge in [-0.1, -0.05) is 13.8 Å². The number of nitrogen functional groups attached to an aromatic ring is 1. The van der Waals surface area contributed by atoms with E-state index >= 15 is 0 Å². The van der Waals surface area contributed by atoms with Crippen LogP contribution in [0, 0.1) is 18.3 Å². The molecule has 6 nitrogen and oxygen atoms in total. The number of benzene rings is 1. The van der Waals surface area contributed by atoms with Gasteiger partial charge in [0.25, 0.3) is 0 Å². The molecule has 0 aliphatic heterocycles. The number of aromatic nitrogens is 1. The van der Waals surface area contributed by atoms with E-state index in [4.69, 9.17) is 10.5 Å². The molecule has 1 aromatic carbocycles. The number of aromatic hydroxyl groups is 1. The number of aryl methyl sites for hydroxylation is 1. The van der Waals surface area contributed by atoms with Crippen LogP contribution in [0.15, 0.2) is 18.3 Å². The summed E-state index contributed by atoms with van der Waals surface area (Å²) in [5.74, 6) is -0.330. The number of carbonyl (C=O) groups is 1. The summed E-state index contributed by atoms with van der Waals surface area (Å²) in [4.78, 5) is 12.1. The topological polar surface area (TPSA) is 101 Å². The van der Waals surface area contributed by atoms with Crippen LogP contribution in [0.1, 0.15) is 46.9 Å². The zero-order valence-corrected chi connectivity index (χ0v) is 13.5. The molecule has 0 unspecified atom stereocenters. The number of methoxy groups -OCH3 is 1. The normalized spacial score (nSPS) is 10.6. The van der Waals surface area contributed by atoms with Gasteiger partial charge >= 0.3 is 5.97 Å². The summed E-state index contributed by atoms with van der Waals surface area (Å²) in [5.41, 5.74) is 8.45. The molecule has 0 fully saturated rings. The SMILES string of the molecule is COC(=O)c1c(N)c(C#N)cn1-c1cc(C(C)C)c(O)cc1C. The Balaban J connectivity index is 2.79. The van der Waals surface area contributed by atoms with Crippen molar-refractivity contribution >= 4 is 11.7 Å². The molecule has 0 amide bonds. The summed E-state index contributed by atoms with van der Waals surface area (Å²) in [6.07, 6.45) is 1.51. The zero-order valence-electron chi connectivity index (χ0n) is 13.5. The van der Waals surface area contributed by atoms with E-state index in [9.17, 15) is 15.2 Å². The molecule has 0 radical (unpaired) electrons. The number of nitrogens with two attached hydrogens (primary N) is 1. The highest BCUT2D eigenvalue weighted by molar-refractivity contribution is 5.96. The van der Waals surface area contributed by atoms with Gasteiger partial charge in [0.2, 0.25) is 0 Å². The minimum absolute atomic E-state index is 0.0814. The van der Waals surface area contributed by atoms with Gasteiger partial charge in [0.1, 0.15) is 11.8 Å². The zero-order chi connectivity index (χ0) is 17.3. The molecule has 1 aromatic heterocycles. The predicted molar refractivity (Wildman–Crippen MR) is 86.7 cm³/mol. The van der Waals surface area contributed by atoms with E-state index in [-0.39, 0.29) is 28.6 Å². The van der Waals surface area contributed by atoms with Gasteiger partial charge < -0.3 is 20.1 Å². The minimum Gasteiger partial charge on any atom is -0.508 e. The molecule has 2 aromatic rings. The number of hydrogen-bond donors (Lipinski definition) is 2. The second-order valence-electron chi connectivity index (χ2n) is 5.63. The molecular formula is C17H19N3O3. The Morgan fingerprint density at radius 2 is 2.09 bits per heavy atom. The van der Waals surface area contributed by atoms with E-state index in [1.165, 1.54) is 13.3 Å². The molecule has 6 heteroatoms. The maximum atomic E-state index is 12.1. The van der Waals surface area contributed by atoms with Crippen molar-refractivity contribution in [1.82, 2.24) is 4.57 Å². The highest BCUT2D eigenvalue weighted by Gasteiger charge is 2.23. The van der Waals surface area contributed by atoms with Crippen LogP contribution in [-0.2, 0) is 4.74 Å². The lowest BCUT2D eigenvalue weighted by Gasteiger charge is -2.16. The summed E-state index contributed by atoms with van der Waals surface area (Å²) in [6.45, 7) is 5.72. The molecule has 0 saturated heterocycles. The first-order valence-electron chi connectivity index (χ1n) is 7.14. The Bertz CT molecular complexity index is 813. The third-order valence-electron chi connectivity index (χ3n) is 3.77. The smallest absolute Gasteiger partial charge is 0.357 e. The first-order valence-corrected chi connectivity index (χ1v) is 7.14. The van der Waals surface area contributed by atoms with Gasteiger partial charge in [-0.3, -0.25) is 0 Å². The molecule has 0 spiro atoms. The van der Waals surface area contributed by atoms with Crippen molar-refractivity contribution < 1.29 is 14.6 Å². The molecule has 0 atom stereocenters. The Morgan fingerprint density at radius 1 is 1.43 bits per heavy atom. The molecular weight excluding hydrogens is 294 g/mol. The van der Waals surface area contributed by atoms with Crippen molar-refractivity contribution in [3.8, 4) is 17.5 Å². The van der Waals surface area contributed by atoms with E-state index in [2.05, 4.69) is 0 Å². The largest absolute Gasteiger partial charge is 0.508 e. The maximum absolute atomic E-state index is 12.1. The number of carbonyl (C=O) groups excluding carboxylic acids is 1. The first kappa shape index (κ1) is 16.4. The van der Waals surface area contributed by atoms with E-state index in [0.29, 0.717) is 5.69 Å². The Morgan fingerprint density at radius 3 is 2.61 bits per heavy atom. The van der Waals surface area contributed by atoms with Crippen LogP contribution in [-0.4, -0.2) is 22.8 Å². The Hall–Kier alpha value is -2.94. The van der Waals surface area contributed by atoms with Gasteiger partial charge in [0.05, 0.1) is 18.4 Å². The fourth-order valence-electron chi connectivity index (χ4n) is 2.52. The summed E-state index contributed by atoms with van der Waals surface area (Å²) in [5, 5.41) is 19.3. The quantitative estimate of drug-likeness (QED) is 0.848. The van der Waals surface area contributed by atoms with E-state index in [1.807, 2.05) is 26.8 Å². The molecule has 120 valence electrons. The number of rotatable bonds is 3. The highest BCUT2D eigenvalue weighted by Crippen LogP contribution is 2.33. The summed E-state index contributed by atoms with van der Waals surface area (Å²) in [6, 6.07) is 5.40. The molecule has 0 aliphatic rings. The number of nitrogens with zero attached hydrogens (tertiary/aromatic N) is 2. The van der Waals surface area contributed by atoms with Crippen LogP contribution >= 0.6 is 0 Å². The molecule has 2 rings (SSSR count). The van der Waals surface area contributed by atoms with Crippen LogP contribution in [0.25, 0.3) is 5.69 Å². The molecule has 0 bridgehead atoms. The van der Waals surface area contributed by atoms with E-state index in [0.717, 1.165) is 11.1 Å². The predicted octanol–water partition coefficient (Wildman–Crippen LogP) is 2.86.